The largest absolute Gasteiger partial charge is 0.500 e. The molecule has 0 aromatic heterocycles. The Morgan fingerprint density at radius 2 is 1.58 bits per heavy atom. The molecule has 0 fully saturated rings. The number of hydrogen-bond donors (Lipinski definition) is 0. The summed E-state index contributed by atoms with van der Waals surface area (Å²) in [6.07, 6.45) is 13.2. The van der Waals surface area contributed by atoms with Crippen molar-refractivity contribution < 1.29 is 18.0 Å². The molecule has 4 nitrogen and oxygen atoms in total. The summed E-state index contributed by atoms with van der Waals surface area (Å²) in [4.78, 5) is 0. The van der Waals surface area contributed by atoms with Gasteiger partial charge in [0, 0.05) is 46.8 Å². The number of ether oxygens (including phenoxy) is 1. The highest BCUT2D eigenvalue weighted by molar-refractivity contribution is 6.60. The molecule has 26 heavy (non-hydrogen) atoms. The molecule has 0 saturated carbocycles. The number of unbranched alkanes of at least 4 members (excludes halogenated alkanes) is 1. The van der Waals surface area contributed by atoms with Crippen molar-refractivity contribution in [3.63, 3.8) is 0 Å². The lowest BCUT2D eigenvalue weighted by Crippen LogP contribution is -2.42. The Labute approximate surface area is 159 Å². The lowest BCUT2D eigenvalue weighted by molar-refractivity contribution is 0.0247. The maximum Gasteiger partial charge on any atom is 0.500 e. The van der Waals surface area contributed by atoms with Crippen molar-refractivity contribution in [2.75, 3.05) is 27.9 Å². The van der Waals surface area contributed by atoms with Crippen LogP contribution < -0.4 is 0 Å². The summed E-state index contributed by atoms with van der Waals surface area (Å²) in [5, 5.41) is 0. The van der Waals surface area contributed by atoms with E-state index < -0.39 is 8.80 Å². The Hall–Kier alpha value is -1.24. The predicted molar refractivity (Wildman–Crippen MR) is 107 cm³/mol. The molecule has 0 spiro atoms. The molecule has 1 aliphatic rings. The van der Waals surface area contributed by atoms with E-state index in [0.717, 1.165) is 25.3 Å². The van der Waals surface area contributed by atoms with E-state index in [4.69, 9.17) is 18.0 Å². The molecule has 1 aromatic rings. The van der Waals surface area contributed by atoms with Crippen molar-refractivity contribution in [3.05, 3.63) is 66.1 Å². The van der Waals surface area contributed by atoms with Gasteiger partial charge in [0.1, 0.15) is 5.60 Å². The Balaban J connectivity index is 1.91. The molecule has 0 heterocycles. The third kappa shape index (κ3) is 5.63. The number of rotatable bonds is 11. The smallest absolute Gasteiger partial charge is 0.377 e. The van der Waals surface area contributed by atoms with Crippen molar-refractivity contribution in [2.24, 2.45) is 0 Å². The number of allylic oxidation sites excluding steroid dienone is 2. The van der Waals surface area contributed by atoms with Crippen LogP contribution in [-0.4, -0.2) is 42.3 Å². The van der Waals surface area contributed by atoms with Gasteiger partial charge >= 0.3 is 8.80 Å². The Kier molecular flexibility index (Phi) is 8.25. The van der Waals surface area contributed by atoms with Gasteiger partial charge in [0.15, 0.2) is 0 Å². The van der Waals surface area contributed by atoms with Gasteiger partial charge in [-0.25, -0.2) is 0 Å². The molecule has 143 valence electrons. The van der Waals surface area contributed by atoms with Crippen molar-refractivity contribution in [3.8, 4) is 0 Å². The first kappa shape index (κ1) is 21.1. The van der Waals surface area contributed by atoms with Crippen LogP contribution in [0.4, 0.5) is 0 Å². The minimum absolute atomic E-state index is 0.376. The van der Waals surface area contributed by atoms with Crippen molar-refractivity contribution in [1.29, 1.82) is 0 Å². The molecule has 5 heteroatoms. The van der Waals surface area contributed by atoms with E-state index in [-0.39, 0.29) is 5.60 Å². The van der Waals surface area contributed by atoms with Gasteiger partial charge in [-0.05, 0) is 30.9 Å². The SMILES string of the molecule is CO[Si](CCCCOC1(Cc2ccccc2C)C=C[CH]C=C1)(OC)OC. The van der Waals surface area contributed by atoms with Gasteiger partial charge in [0.25, 0.3) is 0 Å². The first-order chi connectivity index (χ1) is 12.6. The van der Waals surface area contributed by atoms with E-state index in [0.29, 0.717) is 6.61 Å². The number of hydrogen-bond acceptors (Lipinski definition) is 4. The molecule has 0 saturated heterocycles. The Morgan fingerprint density at radius 1 is 0.923 bits per heavy atom. The van der Waals surface area contributed by atoms with Crippen LogP contribution in [0.5, 0.6) is 0 Å². The van der Waals surface area contributed by atoms with E-state index in [1.165, 1.54) is 11.1 Å². The van der Waals surface area contributed by atoms with Gasteiger partial charge in [-0.2, -0.15) is 0 Å². The lowest BCUT2D eigenvalue weighted by Gasteiger charge is -2.31. The summed E-state index contributed by atoms with van der Waals surface area (Å²) in [6, 6.07) is 9.28. The molecular formula is C21H31O4Si. The molecular weight excluding hydrogens is 344 g/mol. The van der Waals surface area contributed by atoms with Gasteiger partial charge in [0.2, 0.25) is 0 Å². The Morgan fingerprint density at radius 3 is 2.19 bits per heavy atom. The fraction of sp³-hybridized carbons (Fsp3) is 0.476. The fourth-order valence-corrected chi connectivity index (χ4v) is 4.99. The van der Waals surface area contributed by atoms with Crippen LogP contribution in [0.2, 0.25) is 6.04 Å². The highest BCUT2D eigenvalue weighted by Crippen LogP contribution is 2.27. The second kappa shape index (κ2) is 10.2. The maximum atomic E-state index is 6.34. The van der Waals surface area contributed by atoms with Gasteiger partial charge in [-0.15, -0.1) is 0 Å². The summed E-state index contributed by atoms with van der Waals surface area (Å²) in [5.74, 6) is 0. The molecule has 1 aliphatic carbocycles. The third-order valence-electron chi connectivity index (χ3n) is 4.89. The molecule has 0 atom stereocenters. The zero-order chi connectivity index (χ0) is 18.9. The van der Waals surface area contributed by atoms with Crippen LogP contribution in [0.3, 0.4) is 0 Å². The summed E-state index contributed by atoms with van der Waals surface area (Å²) in [7, 11) is 2.48. The summed E-state index contributed by atoms with van der Waals surface area (Å²) >= 11 is 0. The van der Waals surface area contributed by atoms with Crippen molar-refractivity contribution in [1.82, 2.24) is 0 Å². The quantitative estimate of drug-likeness (QED) is 0.427. The molecule has 0 bridgehead atoms. The Bertz CT molecular complexity index is 588. The first-order valence-electron chi connectivity index (χ1n) is 9.13. The van der Waals surface area contributed by atoms with Crippen LogP contribution in [-0.2, 0) is 24.4 Å². The van der Waals surface area contributed by atoms with E-state index in [1.807, 2.05) is 6.42 Å². The topological polar surface area (TPSA) is 36.9 Å². The zero-order valence-corrected chi connectivity index (χ0v) is 17.4. The van der Waals surface area contributed by atoms with Crippen molar-refractivity contribution >= 4 is 8.80 Å². The molecule has 0 N–H and O–H groups in total. The van der Waals surface area contributed by atoms with Crippen LogP contribution >= 0.6 is 0 Å². The summed E-state index contributed by atoms with van der Waals surface area (Å²) in [6.45, 7) is 2.83. The highest BCUT2D eigenvalue weighted by Gasteiger charge is 2.37. The van der Waals surface area contributed by atoms with E-state index in [1.54, 1.807) is 21.3 Å². The summed E-state index contributed by atoms with van der Waals surface area (Å²) < 4.78 is 22.8. The zero-order valence-electron chi connectivity index (χ0n) is 16.4. The lowest BCUT2D eigenvalue weighted by atomic mass is 9.88. The minimum atomic E-state index is -2.48. The number of aryl methyl sites for hydroxylation is 1. The first-order valence-corrected chi connectivity index (χ1v) is 11.1. The van der Waals surface area contributed by atoms with Gasteiger partial charge in [-0.1, -0.05) is 48.6 Å². The fourth-order valence-electron chi connectivity index (χ4n) is 3.19. The average Bonchev–Trinajstić information content (AvgIpc) is 2.68. The molecule has 1 aromatic carbocycles. The molecule has 1 radical (unpaired) electrons. The van der Waals surface area contributed by atoms with E-state index in [9.17, 15) is 0 Å². The van der Waals surface area contributed by atoms with Crippen LogP contribution in [0, 0.1) is 13.3 Å². The molecule has 0 aliphatic heterocycles. The second-order valence-electron chi connectivity index (χ2n) is 6.57. The summed E-state index contributed by atoms with van der Waals surface area (Å²) in [5.41, 5.74) is 2.23. The minimum Gasteiger partial charge on any atom is -0.377 e. The van der Waals surface area contributed by atoms with E-state index >= 15 is 0 Å². The van der Waals surface area contributed by atoms with Crippen LogP contribution in [0.25, 0.3) is 0 Å². The average molecular weight is 376 g/mol. The normalized spacial score (nSPS) is 16.2. The standard InChI is InChI=1S/C21H31O4Si/c1-19-12-6-7-13-20(19)18-21(14-8-5-9-15-21)25-16-10-11-17-26(22-2,23-3)24-4/h5-9,12-15H,10-11,16-18H2,1-4H3. The monoisotopic (exact) mass is 375 g/mol. The van der Waals surface area contributed by atoms with Crippen LogP contribution in [0.15, 0.2) is 48.6 Å². The predicted octanol–water partition coefficient (Wildman–Crippen LogP) is 4.28. The second-order valence-corrected chi connectivity index (χ2v) is 9.66. The third-order valence-corrected chi connectivity index (χ3v) is 7.72. The van der Waals surface area contributed by atoms with Crippen LogP contribution in [0.1, 0.15) is 24.0 Å². The molecule has 0 unspecified atom stereocenters. The number of benzene rings is 1. The maximum absolute atomic E-state index is 6.34. The molecule has 0 amide bonds. The molecule has 2 rings (SSSR count). The van der Waals surface area contributed by atoms with Gasteiger partial charge in [-0.3, -0.25) is 0 Å². The van der Waals surface area contributed by atoms with E-state index in [2.05, 4.69) is 55.5 Å². The van der Waals surface area contributed by atoms with Crippen molar-refractivity contribution in [2.45, 2.75) is 37.8 Å². The van der Waals surface area contributed by atoms with Gasteiger partial charge in [0.05, 0.1) is 0 Å². The van der Waals surface area contributed by atoms with Gasteiger partial charge < -0.3 is 18.0 Å². The highest BCUT2D eigenvalue weighted by atomic mass is 28.4.